The van der Waals surface area contributed by atoms with Crippen LogP contribution < -0.4 is 14.8 Å². The van der Waals surface area contributed by atoms with Gasteiger partial charge in [0.15, 0.2) is 11.5 Å². The number of piperidine rings is 1. The topological polar surface area (TPSA) is 33.7 Å². The molecule has 1 aromatic carbocycles. The van der Waals surface area contributed by atoms with Crippen LogP contribution in [0.25, 0.3) is 0 Å². The van der Waals surface area contributed by atoms with Crippen LogP contribution in [-0.4, -0.2) is 45.8 Å². The smallest absolute Gasteiger partial charge is 0.161 e. The average molecular weight is 292 g/mol. The van der Waals surface area contributed by atoms with Gasteiger partial charge in [-0.1, -0.05) is 0 Å². The van der Waals surface area contributed by atoms with Crippen LogP contribution in [0.2, 0.25) is 0 Å². The zero-order valence-electron chi connectivity index (χ0n) is 13.7. The molecule has 0 bridgehead atoms. The fraction of sp³-hybridized carbons (Fsp3) is 0.647. The van der Waals surface area contributed by atoms with Crippen LogP contribution in [0.1, 0.15) is 24.0 Å². The Morgan fingerprint density at radius 2 is 1.95 bits per heavy atom. The summed E-state index contributed by atoms with van der Waals surface area (Å²) in [4.78, 5) is 2.41. The van der Waals surface area contributed by atoms with Crippen molar-refractivity contribution in [2.75, 3.05) is 40.9 Å². The van der Waals surface area contributed by atoms with Crippen molar-refractivity contribution >= 4 is 0 Å². The fourth-order valence-corrected chi connectivity index (χ4v) is 3.07. The first-order valence-electron chi connectivity index (χ1n) is 7.74. The fourth-order valence-electron chi connectivity index (χ4n) is 3.07. The van der Waals surface area contributed by atoms with Gasteiger partial charge in [-0.15, -0.1) is 0 Å². The van der Waals surface area contributed by atoms with Gasteiger partial charge in [0, 0.05) is 13.1 Å². The SMILES string of the molecule is COc1cc(C)c(CN(C)CC2CCCNC2)cc1OC. The van der Waals surface area contributed by atoms with Crippen molar-refractivity contribution in [2.45, 2.75) is 26.3 Å². The number of benzene rings is 1. The third-order valence-electron chi connectivity index (χ3n) is 4.25. The highest BCUT2D eigenvalue weighted by atomic mass is 16.5. The third kappa shape index (κ3) is 4.35. The van der Waals surface area contributed by atoms with Gasteiger partial charge in [-0.25, -0.2) is 0 Å². The first-order valence-corrected chi connectivity index (χ1v) is 7.74. The molecule has 1 fully saturated rings. The van der Waals surface area contributed by atoms with Crippen molar-refractivity contribution in [1.82, 2.24) is 10.2 Å². The molecule has 0 radical (unpaired) electrons. The van der Waals surface area contributed by atoms with E-state index in [0.29, 0.717) is 0 Å². The molecule has 1 heterocycles. The quantitative estimate of drug-likeness (QED) is 0.873. The summed E-state index contributed by atoms with van der Waals surface area (Å²) in [6.45, 7) is 6.54. The van der Waals surface area contributed by atoms with Gasteiger partial charge in [-0.2, -0.15) is 0 Å². The summed E-state index contributed by atoms with van der Waals surface area (Å²) in [6, 6.07) is 4.16. The van der Waals surface area contributed by atoms with E-state index in [0.717, 1.165) is 37.1 Å². The van der Waals surface area contributed by atoms with E-state index in [4.69, 9.17) is 9.47 Å². The van der Waals surface area contributed by atoms with Gasteiger partial charge < -0.3 is 19.7 Å². The summed E-state index contributed by atoms with van der Waals surface area (Å²) in [6.07, 6.45) is 2.64. The van der Waals surface area contributed by atoms with Crippen molar-refractivity contribution in [3.63, 3.8) is 0 Å². The van der Waals surface area contributed by atoms with E-state index < -0.39 is 0 Å². The second kappa shape index (κ2) is 7.66. The van der Waals surface area contributed by atoms with E-state index in [1.807, 2.05) is 0 Å². The van der Waals surface area contributed by atoms with Crippen molar-refractivity contribution in [2.24, 2.45) is 5.92 Å². The Morgan fingerprint density at radius 3 is 2.57 bits per heavy atom. The summed E-state index contributed by atoms with van der Waals surface area (Å²) in [5, 5.41) is 3.49. The number of nitrogens with one attached hydrogen (secondary N) is 1. The number of hydrogen-bond acceptors (Lipinski definition) is 4. The first-order chi connectivity index (χ1) is 10.1. The monoisotopic (exact) mass is 292 g/mol. The highest BCUT2D eigenvalue weighted by molar-refractivity contribution is 5.47. The Kier molecular flexibility index (Phi) is 5.88. The minimum Gasteiger partial charge on any atom is -0.493 e. The average Bonchev–Trinajstić information content (AvgIpc) is 2.49. The maximum atomic E-state index is 5.41. The lowest BCUT2D eigenvalue weighted by atomic mass is 9.99. The number of rotatable bonds is 6. The van der Waals surface area contributed by atoms with Gasteiger partial charge >= 0.3 is 0 Å². The molecule has 1 saturated heterocycles. The normalized spacial score (nSPS) is 18.8. The van der Waals surface area contributed by atoms with Crippen LogP contribution in [0.4, 0.5) is 0 Å². The minimum absolute atomic E-state index is 0.768. The Labute approximate surface area is 128 Å². The molecule has 1 N–H and O–H groups in total. The number of methoxy groups -OCH3 is 2. The molecular weight excluding hydrogens is 264 g/mol. The lowest BCUT2D eigenvalue weighted by Crippen LogP contribution is -2.36. The van der Waals surface area contributed by atoms with Gasteiger partial charge in [0.1, 0.15) is 0 Å². The first kappa shape index (κ1) is 16.1. The lowest BCUT2D eigenvalue weighted by molar-refractivity contribution is 0.237. The molecule has 118 valence electrons. The van der Waals surface area contributed by atoms with Gasteiger partial charge in [0.05, 0.1) is 14.2 Å². The molecule has 4 nitrogen and oxygen atoms in total. The molecule has 4 heteroatoms. The molecule has 1 unspecified atom stereocenters. The highest BCUT2D eigenvalue weighted by Crippen LogP contribution is 2.30. The van der Waals surface area contributed by atoms with Gasteiger partial charge in [0.2, 0.25) is 0 Å². The van der Waals surface area contributed by atoms with Crippen LogP contribution in [-0.2, 0) is 6.54 Å². The largest absolute Gasteiger partial charge is 0.493 e. The van der Waals surface area contributed by atoms with E-state index in [1.54, 1.807) is 14.2 Å². The Bertz CT molecular complexity index is 456. The number of hydrogen-bond donors (Lipinski definition) is 1. The zero-order valence-corrected chi connectivity index (χ0v) is 13.7. The number of nitrogens with zero attached hydrogens (tertiary/aromatic N) is 1. The van der Waals surface area contributed by atoms with Crippen LogP contribution >= 0.6 is 0 Å². The van der Waals surface area contributed by atoms with E-state index >= 15 is 0 Å². The molecule has 1 atom stereocenters. The van der Waals surface area contributed by atoms with E-state index in [2.05, 4.69) is 36.3 Å². The van der Waals surface area contributed by atoms with Crippen LogP contribution in [0, 0.1) is 12.8 Å². The molecule has 0 aromatic heterocycles. The zero-order chi connectivity index (χ0) is 15.2. The maximum Gasteiger partial charge on any atom is 0.161 e. The molecule has 2 rings (SSSR count). The Morgan fingerprint density at radius 1 is 1.24 bits per heavy atom. The summed E-state index contributed by atoms with van der Waals surface area (Å²) < 4.78 is 10.8. The third-order valence-corrected chi connectivity index (χ3v) is 4.25. The molecule has 21 heavy (non-hydrogen) atoms. The molecule has 1 aliphatic rings. The van der Waals surface area contributed by atoms with Crippen LogP contribution in [0.15, 0.2) is 12.1 Å². The second-order valence-corrected chi connectivity index (χ2v) is 6.04. The molecule has 0 spiro atoms. The predicted molar refractivity (Wildman–Crippen MR) is 86.2 cm³/mol. The minimum atomic E-state index is 0.768. The summed E-state index contributed by atoms with van der Waals surface area (Å²) >= 11 is 0. The van der Waals surface area contributed by atoms with E-state index in [-0.39, 0.29) is 0 Å². The molecule has 1 aliphatic heterocycles. The Balaban J connectivity index is 2.00. The van der Waals surface area contributed by atoms with Crippen molar-refractivity contribution in [1.29, 1.82) is 0 Å². The van der Waals surface area contributed by atoms with Crippen molar-refractivity contribution in [3.8, 4) is 11.5 Å². The standard InChI is InChI=1S/C17H28N2O2/c1-13-8-16(20-3)17(21-4)9-15(13)12-19(2)11-14-6-5-7-18-10-14/h8-9,14,18H,5-7,10-12H2,1-4H3. The van der Waals surface area contributed by atoms with Crippen molar-refractivity contribution in [3.05, 3.63) is 23.3 Å². The van der Waals surface area contributed by atoms with Crippen LogP contribution in [0.3, 0.4) is 0 Å². The molecule has 0 aliphatic carbocycles. The summed E-state index contributed by atoms with van der Waals surface area (Å²) in [7, 11) is 5.57. The van der Waals surface area contributed by atoms with E-state index in [9.17, 15) is 0 Å². The lowest BCUT2D eigenvalue weighted by Gasteiger charge is -2.28. The molecule has 0 amide bonds. The van der Waals surface area contributed by atoms with Crippen molar-refractivity contribution < 1.29 is 9.47 Å². The number of ether oxygens (including phenoxy) is 2. The molecule has 1 aromatic rings. The van der Waals surface area contributed by atoms with Gasteiger partial charge in [0.25, 0.3) is 0 Å². The van der Waals surface area contributed by atoms with Crippen LogP contribution in [0.5, 0.6) is 11.5 Å². The molecular formula is C17H28N2O2. The second-order valence-electron chi connectivity index (χ2n) is 6.04. The predicted octanol–water partition coefficient (Wildman–Crippen LogP) is 2.44. The molecule has 0 saturated carbocycles. The Hall–Kier alpha value is -1.26. The maximum absolute atomic E-state index is 5.41. The number of aryl methyl sites for hydroxylation is 1. The van der Waals surface area contributed by atoms with Gasteiger partial charge in [-0.3, -0.25) is 0 Å². The summed E-state index contributed by atoms with van der Waals surface area (Å²) in [5.74, 6) is 2.38. The van der Waals surface area contributed by atoms with E-state index in [1.165, 1.54) is 30.5 Å². The highest BCUT2D eigenvalue weighted by Gasteiger charge is 2.16. The van der Waals surface area contributed by atoms with Gasteiger partial charge in [-0.05, 0) is 69.1 Å². The summed E-state index contributed by atoms with van der Waals surface area (Å²) in [5.41, 5.74) is 2.56.